The Kier molecular flexibility index (Phi) is 6.19. The number of carbonyl (C=O) groups is 1. The Morgan fingerprint density at radius 2 is 2.23 bits per heavy atom. The van der Waals surface area contributed by atoms with Crippen molar-refractivity contribution in [2.24, 2.45) is 7.05 Å². The van der Waals surface area contributed by atoms with Crippen molar-refractivity contribution < 1.29 is 4.79 Å². The third kappa shape index (κ3) is 4.38. The number of hydrogen-bond donors (Lipinski definition) is 2. The fourth-order valence-electron chi connectivity index (χ4n) is 3.23. The molecule has 2 unspecified atom stereocenters. The summed E-state index contributed by atoms with van der Waals surface area (Å²) in [6.07, 6.45) is 3.71. The number of imidazole rings is 1. The van der Waals surface area contributed by atoms with E-state index < -0.39 is 0 Å². The molecule has 2 heterocycles. The summed E-state index contributed by atoms with van der Waals surface area (Å²) < 4.78 is 2.00. The number of aryl methyl sites for hydroxylation is 1. The SMILES string of the molecule is CC(NC(=O)CN1CCNCC1c1nccn1C)c1ccc(Cl)c(Cl)c1. The first kappa shape index (κ1) is 19.2. The molecule has 1 saturated heterocycles. The van der Waals surface area contributed by atoms with Crippen LogP contribution in [0.15, 0.2) is 30.6 Å². The van der Waals surface area contributed by atoms with Crippen molar-refractivity contribution in [2.75, 3.05) is 26.2 Å². The molecule has 1 amide bonds. The molecule has 1 aliphatic rings. The van der Waals surface area contributed by atoms with Gasteiger partial charge in [-0.3, -0.25) is 9.69 Å². The van der Waals surface area contributed by atoms with Crippen LogP contribution in [-0.2, 0) is 11.8 Å². The molecule has 8 heteroatoms. The number of piperazine rings is 1. The van der Waals surface area contributed by atoms with Crippen molar-refractivity contribution in [1.29, 1.82) is 0 Å². The molecule has 3 rings (SSSR count). The number of nitrogens with zero attached hydrogens (tertiary/aromatic N) is 3. The predicted octanol–water partition coefficient (Wildman–Crippen LogP) is 2.55. The maximum Gasteiger partial charge on any atom is 0.234 e. The average molecular weight is 396 g/mol. The van der Waals surface area contributed by atoms with Crippen LogP contribution in [0.1, 0.15) is 30.4 Å². The minimum atomic E-state index is -0.146. The van der Waals surface area contributed by atoms with Crippen molar-refractivity contribution in [2.45, 2.75) is 19.0 Å². The van der Waals surface area contributed by atoms with E-state index in [1.54, 1.807) is 18.3 Å². The standard InChI is InChI=1S/C18H23Cl2N5O/c1-12(13-3-4-14(19)15(20)9-13)23-17(26)11-25-8-5-21-10-16(25)18-22-6-7-24(18)2/h3-4,6-7,9,12,16,21H,5,8,10-11H2,1-2H3,(H,23,26). The number of hydrogen-bond acceptors (Lipinski definition) is 4. The van der Waals surface area contributed by atoms with Gasteiger partial charge in [0.15, 0.2) is 0 Å². The summed E-state index contributed by atoms with van der Waals surface area (Å²) >= 11 is 12.0. The second kappa shape index (κ2) is 8.39. The average Bonchev–Trinajstić information content (AvgIpc) is 3.03. The van der Waals surface area contributed by atoms with Crippen LogP contribution in [0.25, 0.3) is 0 Å². The van der Waals surface area contributed by atoms with E-state index in [0.29, 0.717) is 16.6 Å². The van der Waals surface area contributed by atoms with E-state index in [-0.39, 0.29) is 18.0 Å². The van der Waals surface area contributed by atoms with Gasteiger partial charge < -0.3 is 15.2 Å². The van der Waals surface area contributed by atoms with Gasteiger partial charge in [0.05, 0.1) is 28.7 Å². The molecule has 2 atom stereocenters. The van der Waals surface area contributed by atoms with Gasteiger partial charge in [0.1, 0.15) is 5.82 Å². The molecule has 26 heavy (non-hydrogen) atoms. The molecule has 1 aromatic carbocycles. The Hall–Kier alpha value is -1.60. The number of carbonyl (C=O) groups excluding carboxylic acids is 1. The summed E-state index contributed by atoms with van der Waals surface area (Å²) in [6, 6.07) is 5.34. The summed E-state index contributed by atoms with van der Waals surface area (Å²) in [5, 5.41) is 7.41. The molecule has 0 spiro atoms. The molecule has 1 aromatic heterocycles. The van der Waals surface area contributed by atoms with Crippen LogP contribution in [0.3, 0.4) is 0 Å². The van der Waals surface area contributed by atoms with E-state index >= 15 is 0 Å². The number of aromatic nitrogens is 2. The molecule has 0 radical (unpaired) electrons. The van der Waals surface area contributed by atoms with Gasteiger partial charge in [-0.05, 0) is 24.6 Å². The molecule has 0 bridgehead atoms. The molecule has 6 nitrogen and oxygen atoms in total. The second-order valence-electron chi connectivity index (χ2n) is 6.55. The van der Waals surface area contributed by atoms with Crippen LogP contribution in [0.4, 0.5) is 0 Å². The number of rotatable bonds is 5. The maximum atomic E-state index is 12.6. The number of halogens is 2. The normalized spacial score (nSPS) is 19.3. The van der Waals surface area contributed by atoms with Gasteiger partial charge in [-0.2, -0.15) is 0 Å². The van der Waals surface area contributed by atoms with Gasteiger partial charge in [-0.15, -0.1) is 0 Å². The third-order valence-electron chi connectivity index (χ3n) is 4.68. The fourth-order valence-corrected chi connectivity index (χ4v) is 3.53. The summed E-state index contributed by atoms with van der Waals surface area (Å²) in [5.74, 6) is 0.937. The lowest BCUT2D eigenvalue weighted by molar-refractivity contribution is -0.123. The van der Waals surface area contributed by atoms with E-state index in [1.165, 1.54) is 0 Å². The molecule has 0 saturated carbocycles. The highest BCUT2D eigenvalue weighted by atomic mass is 35.5. The van der Waals surface area contributed by atoms with Crippen LogP contribution >= 0.6 is 23.2 Å². The van der Waals surface area contributed by atoms with Crippen molar-refractivity contribution in [1.82, 2.24) is 25.1 Å². The van der Waals surface area contributed by atoms with Gasteiger partial charge >= 0.3 is 0 Å². The lowest BCUT2D eigenvalue weighted by atomic mass is 10.1. The van der Waals surface area contributed by atoms with E-state index in [1.807, 2.05) is 30.8 Å². The number of nitrogens with one attached hydrogen (secondary N) is 2. The Balaban J connectivity index is 1.64. The van der Waals surface area contributed by atoms with E-state index in [9.17, 15) is 4.79 Å². The monoisotopic (exact) mass is 395 g/mol. The minimum absolute atomic E-state index is 0.0234. The molecule has 0 aliphatic carbocycles. The smallest absolute Gasteiger partial charge is 0.234 e. The zero-order valence-corrected chi connectivity index (χ0v) is 16.4. The lowest BCUT2D eigenvalue weighted by Gasteiger charge is -2.35. The Morgan fingerprint density at radius 3 is 2.92 bits per heavy atom. The van der Waals surface area contributed by atoms with Crippen LogP contribution in [0.2, 0.25) is 10.0 Å². The first-order chi connectivity index (χ1) is 12.5. The van der Waals surface area contributed by atoms with Crippen LogP contribution < -0.4 is 10.6 Å². The summed E-state index contributed by atoms with van der Waals surface area (Å²) in [4.78, 5) is 19.2. The highest BCUT2D eigenvalue weighted by Gasteiger charge is 2.28. The summed E-state index contributed by atoms with van der Waals surface area (Å²) in [7, 11) is 1.97. The van der Waals surface area contributed by atoms with Gasteiger partial charge in [0.2, 0.25) is 5.91 Å². The van der Waals surface area contributed by atoms with Crippen molar-refractivity contribution in [3.8, 4) is 0 Å². The van der Waals surface area contributed by atoms with Crippen LogP contribution in [0.5, 0.6) is 0 Å². The Morgan fingerprint density at radius 1 is 1.42 bits per heavy atom. The summed E-state index contributed by atoms with van der Waals surface area (Å²) in [6.45, 7) is 4.69. The maximum absolute atomic E-state index is 12.6. The van der Waals surface area contributed by atoms with E-state index in [2.05, 4.69) is 20.5 Å². The third-order valence-corrected chi connectivity index (χ3v) is 5.42. The van der Waals surface area contributed by atoms with Gasteiger partial charge in [-0.25, -0.2) is 4.98 Å². The number of benzene rings is 1. The second-order valence-corrected chi connectivity index (χ2v) is 7.36. The van der Waals surface area contributed by atoms with E-state index in [0.717, 1.165) is 31.0 Å². The zero-order chi connectivity index (χ0) is 18.7. The Bertz CT molecular complexity index is 779. The quantitative estimate of drug-likeness (QED) is 0.816. The summed E-state index contributed by atoms with van der Waals surface area (Å²) in [5.41, 5.74) is 0.925. The molecular weight excluding hydrogens is 373 g/mol. The predicted molar refractivity (Wildman–Crippen MR) is 103 cm³/mol. The fraction of sp³-hybridized carbons (Fsp3) is 0.444. The van der Waals surface area contributed by atoms with Crippen molar-refractivity contribution in [3.63, 3.8) is 0 Å². The lowest BCUT2D eigenvalue weighted by Crippen LogP contribution is -2.50. The molecule has 140 valence electrons. The first-order valence-corrected chi connectivity index (χ1v) is 9.37. The van der Waals surface area contributed by atoms with Gasteiger partial charge in [0.25, 0.3) is 0 Å². The Labute approximate surface area is 163 Å². The molecule has 1 fully saturated rings. The highest BCUT2D eigenvalue weighted by molar-refractivity contribution is 6.42. The zero-order valence-electron chi connectivity index (χ0n) is 14.9. The molecular formula is C18H23Cl2N5O. The first-order valence-electron chi connectivity index (χ1n) is 8.62. The van der Waals surface area contributed by atoms with E-state index in [4.69, 9.17) is 23.2 Å². The van der Waals surface area contributed by atoms with Crippen molar-refractivity contribution >= 4 is 29.1 Å². The van der Waals surface area contributed by atoms with Gasteiger partial charge in [-0.1, -0.05) is 29.3 Å². The van der Waals surface area contributed by atoms with Gasteiger partial charge in [0, 0.05) is 39.1 Å². The van der Waals surface area contributed by atoms with Crippen LogP contribution in [0, 0.1) is 0 Å². The van der Waals surface area contributed by atoms with Crippen LogP contribution in [-0.4, -0.2) is 46.5 Å². The largest absolute Gasteiger partial charge is 0.348 e. The molecule has 2 N–H and O–H groups in total. The number of amides is 1. The minimum Gasteiger partial charge on any atom is -0.348 e. The molecule has 2 aromatic rings. The molecule has 1 aliphatic heterocycles. The highest BCUT2D eigenvalue weighted by Crippen LogP contribution is 2.25. The van der Waals surface area contributed by atoms with Crippen molar-refractivity contribution in [3.05, 3.63) is 52.0 Å². The topological polar surface area (TPSA) is 62.2 Å².